The third kappa shape index (κ3) is 2.71. The van der Waals surface area contributed by atoms with E-state index in [0.29, 0.717) is 12.4 Å². The summed E-state index contributed by atoms with van der Waals surface area (Å²) in [5.41, 5.74) is 8.22. The summed E-state index contributed by atoms with van der Waals surface area (Å²) in [5, 5.41) is 4.24. The lowest BCUT2D eigenvalue weighted by molar-refractivity contribution is 0.685. The van der Waals surface area contributed by atoms with Gasteiger partial charge in [0.2, 0.25) is 0 Å². The maximum atomic E-state index is 5.53. The zero-order chi connectivity index (χ0) is 12.3. The van der Waals surface area contributed by atoms with Gasteiger partial charge in [0.05, 0.1) is 6.54 Å². The molecule has 0 fully saturated rings. The molecule has 0 saturated carbocycles. The standard InChI is InChI=1S/C13H18N4/c1-10-5-3-4-6-11(10)7-8-13-15-12(9-14)16-17(13)2/h3-6H,7-9,14H2,1-2H3. The normalized spacial score (nSPS) is 10.8. The summed E-state index contributed by atoms with van der Waals surface area (Å²) in [6.45, 7) is 2.54. The second kappa shape index (κ2) is 5.10. The maximum Gasteiger partial charge on any atom is 0.164 e. The van der Waals surface area contributed by atoms with E-state index in [1.165, 1.54) is 11.1 Å². The van der Waals surface area contributed by atoms with Crippen molar-refractivity contribution in [1.29, 1.82) is 0 Å². The number of rotatable bonds is 4. The van der Waals surface area contributed by atoms with E-state index in [-0.39, 0.29) is 0 Å². The van der Waals surface area contributed by atoms with E-state index in [2.05, 4.69) is 41.3 Å². The third-order valence-electron chi connectivity index (χ3n) is 2.96. The Balaban J connectivity index is 2.07. The van der Waals surface area contributed by atoms with Gasteiger partial charge in [0.25, 0.3) is 0 Å². The second-order valence-corrected chi connectivity index (χ2v) is 4.20. The number of aryl methyl sites for hydroxylation is 4. The van der Waals surface area contributed by atoms with Crippen LogP contribution >= 0.6 is 0 Å². The van der Waals surface area contributed by atoms with Crippen molar-refractivity contribution in [2.45, 2.75) is 26.3 Å². The summed E-state index contributed by atoms with van der Waals surface area (Å²) in [6.07, 6.45) is 1.89. The lowest BCUT2D eigenvalue weighted by Crippen LogP contribution is -2.02. The van der Waals surface area contributed by atoms with Crippen molar-refractivity contribution in [3.8, 4) is 0 Å². The van der Waals surface area contributed by atoms with Gasteiger partial charge in [-0.05, 0) is 24.5 Å². The van der Waals surface area contributed by atoms with Gasteiger partial charge in [0, 0.05) is 13.5 Å². The first-order valence-corrected chi connectivity index (χ1v) is 5.84. The minimum atomic E-state index is 0.401. The van der Waals surface area contributed by atoms with E-state index in [0.717, 1.165) is 18.7 Å². The lowest BCUT2D eigenvalue weighted by atomic mass is 10.0. The van der Waals surface area contributed by atoms with Gasteiger partial charge in [-0.1, -0.05) is 24.3 Å². The molecule has 0 atom stereocenters. The average molecular weight is 230 g/mol. The molecule has 1 heterocycles. The van der Waals surface area contributed by atoms with Crippen LogP contribution in [-0.4, -0.2) is 14.8 Å². The van der Waals surface area contributed by atoms with Crippen LogP contribution in [0.15, 0.2) is 24.3 Å². The SMILES string of the molecule is Cc1ccccc1CCc1nc(CN)nn1C. The monoisotopic (exact) mass is 230 g/mol. The molecule has 0 aliphatic rings. The first-order chi connectivity index (χ1) is 8.20. The second-order valence-electron chi connectivity index (χ2n) is 4.20. The summed E-state index contributed by atoms with van der Waals surface area (Å²) in [4.78, 5) is 4.40. The average Bonchev–Trinajstić information content (AvgIpc) is 2.69. The van der Waals surface area contributed by atoms with Crippen molar-refractivity contribution in [1.82, 2.24) is 14.8 Å². The molecule has 0 aliphatic heterocycles. The molecule has 0 saturated heterocycles. The van der Waals surface area contributed by atoms with E-state index in [9.17, 15) is 0 Å². The molecule has 4 heteroatoms. The number of aromatic nitrogens is 3. The largest absolute Gasteiger partial charge is 0.324 e. The highest BCUT2D eigenvalue weighted by atomic mass is 15.3. The van der Waals surface area contributed by atoms with Crippen LogP contribution in [-0.2, 0) is 26.4 Å². The maximum absolute atomic E-state index is 5.53. The van der Waals surface area contributed by atoms with Gasteiger partial charge in [-0.3, -0.25) is 4.68 Å². The molecule has 4 nitrogen and oxygen atoms in total. The highest BCUT2D eigenvalue weighted by Crippen LogP contribution is 2.10. The molecule has 0 aliphatic carbocycles. The Morgan fingerprint density at radius 1 is 1.24 bits per heavy atom. The predicted octanol–water partition coefficient (Wildman–Crippen LogP) is 1.37. The first-order valence-electron chi connectivity index (χ1n) is 5.84. The van der Waals surface area contributed by atoms with Crippen LogP contribution in [0, 0.1) is 6.92 Å². The molecule has 1 aromatic heterocycles. The minimum absolute atomic E-state index is 0.401. The molecule has 0 unspecified atom stereocenters. The van der Waals surface area contributed by atoms with Gasteiger partial charge in [-0.15, -0.1) is 0 Å². The van der Waals surface area contributed by atoms with Gasteiger partial charge in [-0.25, -0.2) is 4.98 Å². The topological polar surface area (TPSA) is 56.7 Å². The summed E-state index contributed by atoms with van der Waals surface area (Å²) in [5.74, 6) is 1.71. The van der Waals surface area contributed by atoms with Crippen molar-refractivity contribution in [2.24, 2.45) is 12.8 Å². The van der Waals surface area contributed by atoms with E-state index >= 15 is 0 Å². The molecule has 90 valence electrons. The molecule has 2 N–H and O–H groups in total. The summed E-state index contributed by atoms with van der Waals surface area (Å²) in [7, 11) is 1.92. The molecule has 0 amide bonds. The fourth-order valence-corrected chi connectivity index (χ4v) is 1.92. The van der Waals surface area contributed by atoms with Gasteiger partial charge in [0.15, 0.2) is 5.82 Å². The highest BCUT2D eigenvalue weighted by Gasteiger charge is 2.06. The number of hydrogen-bond acceptors (Lipinski definition) is 3. The smallest absolute Gasteiger partial charge is 0.164 e. The van der Waals surface area contributed by atoms with E-state index < -0.39 is 0 Å². The van der Waals surface area contributed by atoms with Crippen LogP contribution < -0.4 is 5.73 Å². The molecular formula is C13H18N4. The van der Waals surface area contributed by atoms with Gasteiger partial charge in [0.1, 0.15) is 5.82 Å². The van der Waals surface area contributed by atoms with Crippen molar-refractivity contribution < 1.29 is 0 Å². The summed E-state index contributed by atoms with van der Waals surface area (Å²) in [6, 6.07) is 8.44. The number of nitrogens with two attached hydrogens (primary N) is 1. The van der Waals surface area contributed by atoms with Crippen LogP contribution in [0.5, 0.6) is 0 Å². The number of nitrogens with zero attached hydrogens (tertiary/aromatic N) is 3. The Morgan fingerprint density at radius 2 is 2.00 bits per heavy atom. The molecule has 0 radical (unpaired) electrons. The molecule has 2 aromatic rings. The van der Waals surface area contributed by atoms with E-state index in [1.54, 1.807) is 0 Å². The first kappa shape index (κ1) is 11.8. The van der Waals surface area contributed by atoms with Gasteiger partial charge >= 0.3 is 0 Å². The molecule has 2 rings (SSSR count). The number of benzene rings is 1. The van der Waals surface area contributed by atoms with E-state index in [4.69, 9.17) is 5.73 Å². The fraction of sp³-hybridized carbons (Fsp3) is 0.385. The Labute approximate surface area is 101 Å². The van der Waals surface area contributed by atoms with Crippen LogP contribution in [0.4, 0.5) is 0 Å². The zero-order valence-corrected chi connectivity index (χ0v) is 10.3. The Morgan fingerprint density at radius 3 is 2.65 bits per heavy atom. The third-order valence-corrected chi connectivity index (χ3v) is 2.96. The molecule has 0 spiro atoms. The van der Waals surface area contributed by atoms with Crippen molar-refractivity contribution in [2.75, 3.05) is 0 Å². The molecule has 1 aromatic carbocycles. The Kier molecular flexibility index (Phi) is 3.54. The molecular weight excluding hydrogens is 212 g/mol. The van der Waals surface area contributed by atoms with Crippen molar-refractivity contribution in [3.05, 3.63) is 47.0 Å². The van der Waals surface area contributed by atoms with Crippen LogP contribution in [0.3, 0.4) is 0 Å². The number of hydrogen-bond donors (Lipinski definition) is 1. The fourth-order valence-electron chi connectivity index (χ4n) is 1.92. The van der Waals surface area contributed by atoms with Crippen LogP contribution in [0.25, 0.3) is 0 Å². The van der Waals surface area contributed by atoms with E-state index in [1.807, 2.05) is 11.7 Å². The quantitative estimate of drug-likeness (QED) is 0.863. The molecule has 0 bridgehead atoms. The Hall–Kier alpha value is -1.68. The van der Waals surface area contributed by atoms with Crippen molar-refractivity contribution in [3.63, 3.8) is 0 Å². The predicted molar refractivity (Wildman–Crippen MR) is 67.5 cm³/mol. The highest BCUT2D eigenvalue weighted by molar-refractivity contribution is 5.26. The van der Waals surface area contributed by atoms with Gasteiger partial charge < -0.3 is 5.73 Å². The summed E-state index contributed by atoms with van der Waals surface area (Å²) >= 11 is 0. The molecule has 17 heavy (non-hydrogen) atoms. The minimum Gasteiger partial charge on any atom is -0.324 e. The summed E-state index contributed by atoms with van der Waals surface area (Å²) < 4.78 is 1.82. The zero-order valence-electron chi connectivity index (χ0n) is 10.3. The van der Waals surface area contributed by atoms with Crippen LogP contribution in [0.1, 0.15) is 22.8 Å². The Bertz CT molecular complexity index is 502. The van der Waals surface area contributed by atoms with Crippen molar-refractivity contribution >= 4 is 0 Å². The van der Waals surface area contributed by atoms with Crippen LogP contribution in [0.2, 0.25) is 0 Å². The lowest BCUT2D eigenvalue weighted by Gasteiger charge is -2.04. The van der Waals surface area contributed by atoms with Gasteiger partial charge in [-0.2, -0.15) is 5.10 Å².